The van der Waals surface area contributed by atoms with E-state index in [1.54, 1.807) is 6.08 Å². The monoisotopic (exact) mass is 322 g/mol. The molecule has 1 aliphatic heterocycles. The van der Waals surface area contributed by atoms with Gasteiger partial charge in [0.05, 0.1) is 16.5 Å². The molecule has 0 saturated heterocycles. The van der Waals surface area contributed by atoms with E-state index in [0.717, 1.165) is 10.4 Å². The number of nitrogens with zero attached hydrogens (tertiary/aromatic N) is 1. The molecule has 4 nitrogen and oxygen atoms in total. The quantitative estimate of drug-likeness (QED) is 0.939. The van der Waals surface area contributed by atoms with Gasteiger partial charge in [-0.05, 0) is 23.1 Å². The minimum atomic E-state index is -0.767. The van der Waals surface area contributed by atoms with E-state index in [9.17, 15) is 10.1 Å². The predicted molar refractivity (Wildman–Crippen MR) is 89.9 cm³/mol. The summed E-state index contributed by atoms with van der Waals surface area (Å²) < 4.78 is 5.88. The van der Waals surface area contributed by atoms with Gasteiger partial charge < -0.3 is 10.5 Å². The van der Waals surface area contributed by atoms with Crippen LogP contribution in [0.2, 0.25) is 0 Å². The fourth-order valence-corrected chi connectivity index (χ4v) is 3.24. The van der Waals surface area contributed by atoms with Crippen LogP contribution in [0.1, 0.15) is 10.4 Å². The largest absolute Gasteiger partial charge is 0.483 e. The Morgan fingerprint density at radius 2 is 2.04 bits per heavy atom. The highest BCUT2D eigenvalue weighted by Gasteiger charge is 2.40. The minimum Gasteiger partial charge on any atom is -0.483 e. The van der Waals surface area contributed by atoms with Crippen molar-refractivity contribution in [2.45, 2.75) is 6.10 Å². The van der Waals surface area contributed by atoms with Crippen molar-refractivity contribution in [3.63, 3.8) is 0 Å². The van der Waals surface area contributed by atoms with E-state index in [1.165, 1.54) is 11.3 Å². The summed E-state index contributed by atoms with van der Waals surface area (Å²) in [7, 11) is 0. The van der Waals surface area contributed by atoms with E-state index in [2.05, 4.69) is 6.07 Å². The summed E-state index contributed by atoms with van der Waals surface area (Å²) >= 11 is 1.46. The van der Waals surface area contributed by atoms with Crippen LogP contribution in [-0.2, 0) is 9.53 Å². The van der Waals surface area contributed by atoms with Gasteiger partial charge in [-0.1, -0.05) is 42.5 Å². The second-order valence-electron chi connectivity index (χ2n) is 5.06. The molecule has 2 aromatic rings. The van der Waals surface area contributed by atoms with E-state index in [1.807, 2.05) is 53.9 Å². The Bertz CT molecular complexity index is 801. The lowest BCUT2D eigenvalue weighted by molar-refractivity contribution is -0.121. The van der Waals surface area contributed by atoms with Crippen LogP contribution in [0.5, 0.6) is 0 Å². The number of nitrogens with two attached hydrogens (primary N) is 1. The second kappa shape index (κ2) is 6.51. The van der Waals surface area contributed by atoms with Crippen LogP contribution in [0, 0.1) is 17.2 Å². The van der Waals surface area contributed by atoms with Crippen LogP contribution in [0.3, 0.4) is 0 Å². The van der Waals surface area contributed by atoms with Gasteiger partial charge in [0.25, 0.3) is 0 Å². The number of amides is 1. The average molecular weight is 322 g/mol. The molecule has 1 aromatic heterocycles. The molecule has 0 unspecified atom stereocenters. The molecule has 1 aromatic carbocycles. The zero-order valence-corrected chi connectivity index (χ0v) is 13.0. The first kappa shape index (κ1) is 15.1. The third-order valence-corrected chi connectivity index (χ3v) is 4.46. The SMILES string of the molecule is N#CC1=C(c2cccs2)O[C@H](/C=C/c2ccccc2)[C@H]1C(N)=O. The Kier molecular flexibility index (Phi) is 4.26. The molecule has 1 amide bonds. The average Bonchev–Trinajstić information content (AvgIpc) is 3.20. The molecule has 0 radical (unpaired) electrons. The van der Waals surface area contributed by atoms with Gasteiger partial charge in [0, 0.05) is 0 Å². The Hall–Kier alpha value is -2.84. The van der Waals surface area contributed by atoms with Crippen LogP contribution in [0.4, 0.5) is 0 Å². The third-order valence-electron chi connectivity index (χ3n) is 3.59. The molecule has 0 aliphatic carbocycles. The first-order valence-electron chi connectivity index (χ1n) is 7.08. The van der Waals surface area contributed by atoms with Gasteiger partial charge in [-0.3, -0.25) is 4.79 Å². The highest BCUT2D eigenvalue weighted by molar-refractivity contribution is 7.11. The highest BCUT2D eigenvalue weighted by atomic mass is 32.1. The lowest BCUT2D eigenvalue weighted by Gasteiger charge is -2.13. The highest BCUT2D eigenvalue weighted by Crippen LogP contribution is 2.39. The van der Waals surface area contributed by atoms with Gasteiger partial charge in [0.15, 0.2) is 5.76 Å². The van der Waals surface area contributed by atoms with E-state index in [0.29, 0.717) is 11.3 Å². The molecule has 0 spiro atoms. The van der Waals surface area contributed by atoms with Gasteiger partial charge in [-0.2, -0.15) is 5.26 Å². The molecule has 2 atom stereocenters. The number of carbonyl (C=O) groups is 1. The fraction of sp³-hybridized carbons (Fsp3) is 0.111. The Morgan fingerprint density at radius 1 is 1.26 bits per heavy atom. The van der Waals surface area contributed by atoms with Crippen LogP contribution >= 0.6 is 11.3 Å². The van der Waals surface area contributed by atoms with Gasteiger partial charge in [0.1, 0.15) is 12.0 Å². The molecule has 0 fully saturated rings. The zero-order chi connectivity index (χ0) is 16.2. The van der Waals surface area contributed by atoms with Crippen molar-refractivity contribution in [2.24, 2.45) is 11.7 Å². The Balaban J connectivity index is 1.93. The topological polar surface area (TPSA) is 76.1 Å². The fourth-order valence-electron chi connectivity index (χ4n) is 2.52. The normalized spacial score (nSPS) is 20.5. The number of primary amides is 1. The van der Waals surface area contributed by atoms with Gasteiger partial charge >= 0.3 is 0 Å². The molecule has 1 aliphatic rings. The van der Waals surface area contributed by atoms with E-state index in [-0.39, 0.29) is 0 Å². The standard InChI is InChI=1S/C18H14N2O2S/c19-11-13-16(18(20)21)14(9-8-12-5-2-1-3-6-12)22-17(13)15-7-4-10-23-15/h1-10,14,16H,(H2,20,21)/b9-8+/t14-,16+/m1/s1. The van der Waals surface area contributed by atoms with Crippen LogP contribution < -0.4 is 5.73 Å². The maximum atomic E-state index is 11.8. The molecule has 114 valence electrons. The summed E-state index contributed by atoms with van der Waals surface area (Å²) in [5.74, 6) is -0.873. The predicted octanol–water partition coefficient (Wildman–Crippen LogP) is 3.20. The van der Waals surface area contributed by atoms with E-state index in [4.69, 9.17) is 10.5 Å². The minimum absolute atomic E-state index is 0.294. The molecule has 0 bridgehead atoms. The van der Waals surface area contributed by atoms with Crippen molar-refractivity contribution in [2.75, 3.05) is 0 Å². The maximum Gasteiger partial charge on any atom is 0.229 e. The number of carbonyl (C=O) groups excluding carboxylic acids is 1. The van der Waals surface area contributed by atoms with Gasteiger partial charge in [-0.25, -0.2) is 0 Å². The Labute approximate surface area is 138 Å². The van der Waals surface area contributed by atoms with Crippen molar-refractivity contribution >= 4 is 29.1 Å². The third kappa shape index (κ3) is 3.03. The Morgan fingerprint density at radius 3 is 2.65 bits per heavy atom. The number of rotatable bonds is 4. The number of hydrogen-bond acceptors (Lipinski definition) is 4. The summed E-state index contributed by atoms with van der Waals surface area (Å²) in [6, 6.07) is 15.5. The smallest absolute Gasteiger partial charge is 0.229 e. The molecule has 3 rings (SSSR count). The van der Waals surface area contributed by atoms with Crippen molar-refractivity contribution in [1.82, 2.24) is 0 Å². The summed E-state index contributed by atoms with van der Waals surface area (Å²) in [5.41, 5.74) is 6.79. The summed E-state index contributed by atoms with van der Waals surface area (Å²) in [5, 5.41) is 11.3. The zero-order valence-electron chi connectivity index (χ0n) is 12.2. The molecule has 2 N–H and O–H groups in total. The number of hydrogen-bond donors (Lipinski definition) is 1. The first-order valence-corrected chi connectivity index (χ1v) is 7.96. The van der Waals surface area contributed by atoms with Crippen molar-refractivity contribution in [3.8, 4) is 6.07 Å². The van der Waals surface area contributed by atoms with Crippen molar-refractivity contribution in [3.05, 3.63) is 69.9 Å². The van der Waals surface area contributed by atoms with Crippen LogP contribution in [0.15, 0.2) is 59.5 Å². The lowest BCUT2D eigenvalue weighted by Crippen LogP contribution is -2.31. The van der Waals surface area contributed by atoms with Crippen molar-refractivity contribution < 1.29 is 9.53 Å². The molecule has 5 heteroatoms. The maximum absolute atomic E-state index is 11.8. The van der Waals surface area contributed by atoms with E-state index >= 15 is 0 Å². The lowest BCUT2D eigenvalue weighted by atomic mass is 9.94. The van der Waals surface area contributed by atoms with Crippen LogP contribution in [0.25, 0.3) is 11.8 Å². The van der Waals surface area contributed by atoms with Gasteiger partial charge in [-0.15, -0.1) is 11.3 Å². The first-order chi connectivity index (χ1) is 11.2. The second-order valence-corrected chi connectivity index (χ2v) is 6.01. The van der Waals surface area contributed by atoms with Gasteiger partial charge in [0.2, 0.25) is 5.91 Å². The summed E-state index contributed by atoms with van der Waals surface area (Å²) in [4.78, 5) is 12.7. The molecular weight excluding hydrogens is 308 g/mol. The summed E-state index contributed by atoms with van der Waals surface area (Å²) in [6.45, 7) is 0. The molecule has 2 heterocycles. The van der Waals surface area contributed by atoms with Crippen LogP contribution in [-0.4, -0.2) is 12.0 Å². The van der Waals surface area contributed by atoms with Crippen molar-refractivity contribution in [1.29, 1.82) is 5.26 Å². The number of thiophene rings is 1. The van der Waals surface area contributed by atoms with E-state index < -0.39 is 17.9 Å². The molecular formula is C18H14N2O2S. The number of ether oxygens (including phenoxy) is 1. The number of benzene rings is 1. The molecule has 0 saturated carbocycles. The number of nitriles is 1. The molecule has 23 heavy (non-hydrogen) atoms. The summed E-state index contributed by atoms with van der Waals surface area (Å²) in [6.07, 6.45) is 3.08.